The van der Waals surface area contributed by atoms with E-state index in [4.69, 9.17) is 0 Å². The Labute approximate surface area is 135 Å². The van der Waals surface area contributed by atoms with Crippen molar-refractivity contribution in [2.24, 2.45) is 0 Å². The largest absolute Gasteiger partial charge is 0.508 e. The average Bonchev–Trinajstić information content (AvgIpc) is 3.00. The number of carbonyl (C=O) groups excluding carboxylic acids is 1. The molecule has 0 saturated heterocycles. The lowest BCUT2D eigenvalue weighted by atomic mass is 10.1. The quantitative estimate of drug-likeness (QED) is 0.726. The van der Waals surface area contributed by atoms with Crippen molar-refractivity contribution in [1.82, 2.24) is 25.4 Å². The van der Waals surface area contributed by atoms with Gasteiger partial charge in [0.25, 0.3) is 0 Å². The molecule has 0 aliphatic rings. The molecule has 0 fully saturated rings. The van der Waals surface area contributed by atoms with Gasteiger partial charge in [0.05, 0.1) is 6.54 Å². The lowest BCUT2D eigenvalue weighted by molar-refractivity contribution is 0.236. The zero-order valence-electron chi connectivity index (χ0n) is 13.5. The second-order valence-corrected chi connectivity index (χ2v) is 5.47. The molecule has 1 aromatic carbocycles. The molecule has 2 aromatic rings. The number of amides is 2. The van der Waals surface area contributed by atoms with E-state index in [0.717, 1.165) is 30.8 Å². The van der Waals surface area contributed by atoms with Crippen molar-refractivity contribution in [2.75, 3.05) is 0 Å². The van der Waals surface area contributed by atoms with Crippen LogP contribution in [0.1, 0.15) is 31.7 Å². The lowest BCUT2D eigenvalue weighted by Crippen LogP contribution is -2.41. The number of aromatic hydroxyl groups is 1. The van der Waals surface area contributed by atoms with Gasteiger partial charge in [0, 0.05) is 12.6 Å². The Bertz CT molecular complexity index is 624. The first kappa shape index (κ1) is 16.8. The minimum Gasteiger partial charge on any atom is -0.508 e. The van der Waals surface area contributed by atoms with E-state index in [1.54, 1.807) is 18.5 Å². The molecule has 2 amide bonds. The van der Waals surface area contributed by atoms with Gasteiger partial charge in [-0.1, -0.05) is 12.1 Å². The fourth-order valence-corrected chi connectivity index (χ4v) is 2.23. The van der Waals surface area contributed by atoms with Crippen LogP contribution in [0.2, 0.25) is 0 Å². The maximum Gasteiger partial charge on any atom is 0.315 e. The highest BCUT2D eigenvalue weighted by atomic mass is 16.3. The third-order valence-corrected chi connectivity index (χ3v) is 3.62. The van der Waals surface area contributed by atoms with Crippen LogP contribution in [-0.2, 0) is 19.5 Å². The molecule has 124 valence electrons. The third kappa shape index (κ3) is 5.28. The Kier molecular flexibility index (Phi) is 5.96. The lowest BCUT2D eigenvalue weighted by Gasteiger charge is -2.14. The molecule has 0 radical (unpaired) electrons. The van der Waals surface area contributed by atoms with Crippen LogP contribution in [-0.4, -0.2) is 31.9 Å². The summed E-state index contributed by atoms with van der Waals surface area (Å²) in [6, 6.07) is 6.95. The zero-order chi connectivity index (χ0) is 16.7. The van der Waals surface area contributed by atoms with Crippen molar-refractivity contribution in [3.8, 4) is 5.75 Å². The molecule has 0 unspecified atom stereocenters. The monoisotopic (exact) mass is 317 g/mol. The van der Waals surface area contributed by atoms with Gasteiger partial charge in [-0.25, -0.2) is 4.79 Å². The summed E-state index contributed by atoms with van der Waals surface area (Å²) in [5.74, 6) is 0.999. The number of benzene rings is 1. The van der Waals surface area contributed by atoms with Crippen molar-refractivity contribution in [3.63, 3.8) is 0 Å². The van der Waals surface area contributed by atoms with Crippen LogP contribution in [0.15, 0.2) is 30.6 Å². The van der Waals surface area contributed by atoms with Crippen LogP contribution in [0.3, 0.4) is 0 Å². The number of hydrogen-bond donors (Lipinski definition) is 3. The molecule has 0 bridgehead atoms. The predicted molar refractivity (Wildman–Crippen MR) is 87.0 cm³/mol. The van der Waals surface area contributed by atoms with Crippen LogP contribution < -0.4 is 10.6 Å². The van der Waals surface area contributed by atoms with E-state index in [1.807, 2.05) is 30.5 Å². The van der Waals surface area contributed by atoms with Crippen LogP contribution in [0.4, 0.5) is 4.79 Å². The van der Waals surface area contributed by atoms with E-state index in [2.05, 4.69) is 20.8 Å². The number of carbonyl (C=O) groups is 1. The Morgan fingerprint density at radius 1 is 1.35 bits per heavy atom. The minimum absolute atomic E-state index is 0.0489. The summed E-state index contributed by atoms with van der Waals surface area (Å²) < 4.78 is 1.88. The van der Waals surface area contributed by atoms with E-state index in [0.29, 0.717) is 6.54 Å². The molecule has 1 atom stereocenters. The summed E-state index contributed by atoms with van der Waals surface area (Å²) in [7, 11) is 0. The topological polar surface area (TPSA) is 92.1 Å². The number of nitrogens with zero attached hydrogens (tertiary/aromatic N) is 3. The van der Waals surface area contributed by atoms with E-state index in [9.17, 15) is 9.90 Å². The van der Waals surface area contributed by atoms with Gasteiger partial charge >= 0.3 is 6.03 Å². The van der Waals surface area contributed by atoms with Crippen molar-refractivity contribution in [3.05, 3.63) is 42.0 Å². The van der Waals surface area contributed by atoms with E-state index in [-0.39, 0.29) is 17.8 Å². The number of nitrogens with one attached hydrogen (secondary N) is 2. The molecule has 0 saturated carbocycles. The van der Waals surface area contributed by atoms with Crippen molar-refractivity contribution >= 4 is 6.03 Å². The second kappa shape index (κ2) is 8.17. The van der Waals surface area contributed by atoms with Crippen LogP contribution in [0, 0.1) is 0 Å². The first-order valence-electron chi connectivity index (χ1n) is 7.77. The molecule has 23 heavy (non-hydrogen) atoms. The Hall–Kier alpha value is -2.57. The zero-order valence-corrected chi connectivity index (χ0v) is 13.5. The van der Waals surface area contributed by atoms with E-state index < -0.39 is 0 Å². The van der Waals surface area contributed by atoms with Crippen LogP contribution in [0.25, 0.3) is 0 Å². The summed E-state index contributed by atoms with van der Waals surface area (Å²) in [5.41, 5.74) is 1.13. The molecule has 0 aliphatic heterocycles. The number of rotatable bonds is 7. The van der Waals surface area contributed by atoms with Gasteiger partial charge in [-0.05, 0) is 44.4 Å². The molecule has 7 nitrogen and oxygen atoms in total. The average molecular weight is 317 g/mol. The molecule has 0 spiro atoms. The first-order valence-corrected chi connectivity index (χ1v) is 7.77. The van der Waals surface area contributed by atoms with Crippen molar-refractivity contribution < 1.29 is 9.90 Å². The highest BCUT2D eigenvalue weighted by Gasteiger charge is 2.09. The van der Waals surface area contributed by atoms with Gasteiger partial charge in [-0.15, -0.1) is 10.2 Å². The van der Waals surface area contributed by atoms with Crippen molar-refractivity contribution in [1.29, 1.82) is 0 Å². The van der Waals surface area contributed by atoms with Gasteiger partial charge in [-0.3, -0.25) is 0 Å². The summed E-state index contributed by atoms with van der Waals surface area (Å²) in [6.07, 6.45) is 3.31. The standard InChI is InChI=1S/C16H23N5O2/c1-3-21-11-18-20-15(21)10-17-16(23)19-12(2)4-5-13-6-8-14(22)9-7-13/h6-9,11-12,22H,3-5,10H2,1-2H3,(H2,17,19,23)/t12-/m0/s1. The molecule has 0 aliphatic carbocycles. The van der Waals surface area contributed by atoms with Crippen LogP contribution >= 0.6 is 0 Å². The van der Waals surface area contributed by atoms with Gasteiger partial charge in [0.15, 0.2) is 5.82 Å². The van der Waals surface area contributed by atoms with E-state index >= 15 is 0 Å². The Balaban J connectivity index is 1.71. The maximum atomic E-state index is 11.9. The van der Waals surface area contributed by atoms with E-state index in [1.165, 1.54) is 0 Å². The summed E-state index contributed by atoms with van der Waals surface area (Å²) in [6.45, 7) is 5.09. The SMILES string of the molecule is CCn1cnnc1CNC(=O)N[C@@H](C)CCc1ccc(O)cc1. The van der Waals surface area contributed by atoms with Crippen molar-refractivity contribution in [2.45, 2.75) is 45.8 Å². The summed E-state index contributed by atoms with van der Waals surface area (Å²) in [5, 5.41) is 22.7. The highest BCUT2D eigenvalue weighted by molar-refractivity contribution is 5.74. The number of aryl methyl sites for hydroxylation is 2. The third-order valence-electron chi connectivity index (χ3n) is 3.62. The van der Waals surface area contributed by atoms with Crippen LogP contribution in [0.5, 0.6) is 5.75 Å². The number of phenolic OH excluding ortho intramolecular Hbond substituents is 1. The molecule has 7 heteroatoms. The number of aromatic nitrogens is 3. The molecular weight excluding hydrogens is 294 g/mol. The number of urea groups is 1. The van der Waals surface area contributed by atoms with Gasteiger partial charge < -0.3 is 20.3 Å². The fraction of sp³-hybridized carbons (Fsp3) is 0.438. The summed E-state index contributed by atoms with van der Waals surface area (Å²) >= 11 is 0. The predicted octanol–water partition coefficient (Wildman–Crippen LogP) is 1.82. The van der Waals surface area contributed by atoms with Gasteiger partial charge in [0.2, 0.25) is 0 Å². The second-order valence-electron chi connectivity index (χ2n) is 5.47. The van der Waals surface area contributed by atoms with Gasteiger partial charge in [-0.2, -0.15) is 0 Å². The molecular formula is C16H23N5O2. The molecule has 1 heterocycles. The fourth-order valence-electron chi connectivity index (χ4n) is 2.23. The Morgan fingerprint density at radius 3 is 2.78 bits per heavy atom. The molecule has 1 aromatic heterocycles. The highest BCUT2D eigenvalue weighted by Crippen LogP contribution is 2.11. The minimum atomic E-state index is -0.214. The normalized spacial score (nSPS) is 11.9. The molecule has 3 N–H and O–H groups in total. The summed E-state index contributed by atoms with van der Waals surface area (Å²) in [4.78, 5) is 11.9. The Morgan fingerprint density at radius 2 is 2.09 bits per heavy atom. The van der Waals surface area contributed by atoms with Gasteiger partial charge in [0.1, 0.15) is 12.1 Å². The number of hydrogen-bond acceptors (Lipinski definition) is 4. The molecule has 2 rings (SSSR count). The number of phenols is 1. The maximum absolute atomic E-state index is 11.9. The smallest absolute Gasteiger partial charge is 0.315 e. The first-order chi connectivity index (χ1) is 11.1.